The number of anilines is 1. The number of aromatic carboxylic acids is 1. The summed E-state index contributed by atoms with van der Waals surface area (Å²) in [6, 6.07) is 3.69. The Morgan fingerprint density at radius 1 is 1.28 bits per heavy atom. The summed E-state index contributed by atoms with van der Waals surface area (Å²) in [4.78, 5) is 21.3. The molecule has 1 rings (SSSR count). The van der Waals surface area contributed by atoms with E-state index in [-0.39, 0.29) is 16.8 Å². The van der Waals surface area contributed by atoms with Gasteiger partial charge in [0.1, 0.15) is 6.10 Å². The van der Waals surface area contributed by atoms with Crippen LogP contribution in [0.3, 0.4) is 0 Å². The lowest BCUT2D eigenvalue weighted by Gasteiger charge is -2.18. The Morgan fingerprint density at radius 3 is 2.33 bits per heavy atom. The molecule has 0 radical (unpaired) electrons. The van der Waals surface area contributed by atoms with E-state index in [2.05, 4.69) is 0 Å². The van der Waals surface area contributed by atoms with Crippen LogP contribution in [-0.2, 0) is 4.79 Å². The van der Waals surface area contributed by atoms with Gasteiger partial charge < -0.3 is 26.8 Å². The number of primary amides is 1. The van der Waals surface area contributed by atoms with Crippen LogP contribution in [0.5, 0.6) is 0 Å². The zero-order valence-corrected chi connectivity index (χ0v) is 9.41. The van der Waals surface area contributed by atoms with Crippen LogP contribution in [0.25, 0.3) is 0 Å². The summed E-state index contributed by atoms with van der Waals surface area (Å²) in [6.45, 7) is 0. The number of carboxylic acid groups (broad SMARTS) is 1. The molecule has 2 atom stereocenters. The third-order valence-corrected chi connectivity index (χ3v) is 2.43. The fourth-order valence-electron chi connectivity index (χ4n) is 1.50. The molecule has 98 valence electrons. The second-order valence-corrected chi connectivity index (χ2v) is 3.83. The smallest absolute Gasteiger partial charge is 0.335 e. The van der Waals surface area contributed by atoms with E-state index in [0.29, 0.717) is 0 Å². The van der Waals surface area contributed by atoms with Gasteiger partial charge >= 0.3 is 5.97 Å². The molecule has 0 spiro atoms. The number of carbonyl (C=O) groups excluding carboxylic acids is 1. The fourth-order valence-corrected chi connectivity index (χ4v) is 1.50. The van der Waals surface area contributed by atoms with Gasteiger partial charge in [-0.05, 0) is 12.1 Å². The van der Waals surface area contributed by atoms with E-state index in [9.17, 15) is 19.8 Å². The number of amides is 1. The highest BCUT2D eigenvalue weighted by Gasteiger charge is 2.22. The van der Waals surface area contributed by atoms with Crippen molar-refractivity contribution in [2.45, 2.75) is 18.6 Å². The van der Waals surface area contributed by atoms with Gasteiger partial charge in [-0.2, -0.15) is 0 Å². The van der Waals surface area contributed by atoms with Crippen LogP contribution in [0, 0.1) is 0 Å². The lowest BCUT2D eigenvalue weighted by atomic mass is 9.99. The molecule has 0 saturated heterocycles. The van der Waals surface area contributed by atoms with Crippen molar-refractivity contribution in [1.82, 2.24) is 0 Å². The maximum atomic E-state index is 10.7. The molecule has 0 aliphatic heterocycles. The second kappa shape index (κ2) is 5.48. The first-order chi connectivity index (χ1) is 8.32. The fraction of sp³-hybridized carbons (Fsp3) is 0.273. The lowest BCUT2D eigenvalue weighted by molar-refractivity contribution is -0.121. The van der Waals surface area contributed by atoms with E-state index in [0.717, 1.165) is 6.07 Å². The maximum absolute atomic E-state index is 10.7. The van der Waals surface area contributed by atoms with E-state index in [1.165, 1.54) is 12.1 Å². The molecule has 1 amide bonds. The minimum absolute atomic E-state index is 0.0194. The zero-order chi connectivity index (χ0) is 13.9. The first-order valence-corrected chi connectivity index (χ1v) is 5.10. The summed E-state index contributed by atoms with van der Waals surface area (Å²) >= 11 is 0. The van der Waals surface area contributed by atoms with Gasteiger partial charge in [-0.3, -0.25) is 4.79 Å². The molecule has 7 heteroatoms. The third-order valence-electron chi connectivity index (χ3n) is 2.43. The molecule has 18 heavy (non-hydrogen) atoms. The molecule has 0 aliphatic rings. The van der Waals surface area contributed by atoms with Gasteiger partial charge in [-0.1, -0.05) is 6.07 Å². The monoisotopic (exact) mass is 254 g/mol. The lowest BCUT2D eigenvalue weighted by Crippen LogP contribution is -2.26. The quantitative estimate of drug-likeness (QED) is 0.436. The van der Waals surface area contributed by atoms with E-state index in [1.807, 2.05) is 0 Å². The van der Waals surface area contributed by atoms with Crippen molar-refractivity contribution in [2.24, 2.45) is 5.73 Å². The van der Waals surface area contributed by atoms with Crippen LogP contribution in [0.4, 0.5) is 5.69 Å². The van der Waals surface area contributed by atoms with Crippen molar-refractivity contribution in [3.63, 3.8) is 0 Å². The average molecular weight is 254 g/mol. The Kier molecular flexibility index (Phi) is 4.24. The van der Waals surface area contributed by atoms with E-state index >= 15 is 0 Å². The van der Waals surface area contributed by atoms with Crippen LogP contribution >= 0.6 is 0 Å². The standard InChI is InChI=1S/C11H14N2O5/c12-7-3-5(11(17)18)1-2-6(7)10(16)8(14)4-9(13)15/h1-3,8,10,14,16H,4,12H2,(H2,13,15)(H,17,18). The summed E-state index contributed by atoms with van der Waals surface area (Å²) in [6.07, 6.45) is -3.21. The Labute approximate surface area is 103 Å². The van der Waals surface area contributed by atoms with Crippen LogP contribution in [0.15, 0.2) is 18.2 Å². The highest BCUT2D eigenvalue weighted by Crippen LogP contribution is 2.25. The summed E-state index contributed by atoms with van der Waals surface area (Å²) in [5, 5.41) is 28.0. The summed E-state index contributed by atoms with van der Waals surface area (Å²) in [5.74, 6) is -1.91. The summed E-state index contributed by atoms with van der Waals surface area (Å²) < 4.78 is 0. The zero-order valence-electron chi connectivity index (χ0n) is 9.41. The number of benzene rings is 1. The third kappa shape index (κ3) is 3.19. The number of nitrogens with two attached hydrogens (primary N) is 2. The molecule has 0 heterocycles. The van der Waals surface area contributed by atoms with Crippen molar-refractivity contribution in [2.75, 3.05) is 5.73 Å². The molecular weight excluding hydrogens is 240 g/mol. The summed E-state index contributed by atoms with van der Waals surface area (Å²) in [5.41, 5.74) is 10.6. The Hall–Kier alpha value is -2.12. The summed E-state index contributed by atoms with van der Waals surface area (Å²) in [7, 11) is 0. The molecule has 1 aromatic rings. The van der Waals surface area contributed by atoms with Crippen LogP contribution < -0.4 is 11.5 Å². The first kappa shape index (κ1) is 13.9. The minimum Gasteiger partial charge on any atom is -0.478 e. The predicted octanol–water partition coefficient (Wildman–Crippen LogP) is -0.763. The number of carbonyl (C=O) groups is 2. The second-order valence-electron chi connectivity index (χ2n) is 3.83. The highest BCUT2D eigenvalue weighted by atomic mass is 16.4. The molecule has 7 N–H and O–H groups in total. The molecule has 0 bridgehead atoms. The number of hydrogen-bond donors (Lipinski definition) is 5. The van der Waals surface area contributed by atoms with Gasteiger partial charge in [-0.25, -0.2) is 4.79 Å². The van der Waals surface area contributed by atoms with Crippen LogP contribution in [0.1, 0.15) is 28.4 Å². The predicted molar refractivity (Wildman–Crippen MR) is 62.6 cm³/mol. The number of aliphatic hydroxyl groups excluding tert-OH is 2. The Bertz CT molecular complexity index is 475. The number of rotatable bonds is 5. The van der Waals surface area contributed by atoms with Gasteiger partial charge in [0.05, 0.1) is 18.1 Å². The largest absolute Gasteiger partial charge is 0.478 e. The van der Waals surface area contributed by atoms with Crippen molar-refractivity contribution in [3.8, 4) is 0 Å². The van der Waals surface area contributed by atoms with Crippen molar-refractivity contribution >= 4 is 17.6 Å². The molecule has 0 aromatic heterocycles. The average Bonchev–Trinajstić information content (AvgIpc) is 2.26. The topological polar surface area (TPSA) is 147 Å². The Morgan fingerprint density at radius 2 is 1.89 bits per heavy atom. The van der Waals surface area contributed by atoms with E-state index < -0.39 is 30.5 Å². The number of hydrogen-bond acceptors (Lipinski definition) is 5. The molecule has 0 aliphatic carbocycles. The molecule has 7 nitrogen and oxygen atoms in total. The van der Waals surface area contributed by atoms with Crippen molar-refractivity contribution in [3.05, 3.63) is 29.3 Å². The van der Waals surface area contributed by atoms with Gasteiger partial charge in [0.15, 0.2) is 0 Å². The Balaban J connectivity index is 2.96. The van der Waals surface area contributed by atoms with E-state index in [1.54, 1.807) is 0 Å². The molecule has 0 fully saturated rings. The SMILES string of the molecule is NC(=O)CC(O)C(O)c1ccc(C(=O)O)cc1N. The first-order valence-electron chi connectivity index (χ1n) is 5.10. The van der Waals surface area contributed by atoms with E-state index in [4.69, 9.17) is 16.6 Å². The minimum atomic E-state index is -1.40. The normalized spacial score (nSPS) is 13.9. The van der Waals surface area contributed by atoms with Crippen molar-refractivity contribution < 1.29 is 24.9 Å². The van der Waals surface area contributed by atoms with Crippen molar-refractivity contribution in [1.29, 1.82) is 0 Å². The van der Waals surface area contributed by atoms with Gasteiger partial charge in [0.25, 0.3) is 0 Å². The number of aliphatic hydroxyl groups is 2. The molecule has 0 saturated carbocycles. The number of nitrogen functional groups attached to an aromatic ring is 1. The van der Waals surface area contributed by atoms with Crippen LogP contribution in [0.2, 0.25) is 0 Å². The highest BCUT2D eigenvalue weighted by molar-refractivity contribution is 5.89. The molecule has 2 unspecified atom stereocenters. The van der Waals surface area contributed by atoms with Gasteiger partial charge in [0.2, 0.25) is 5.91 Å². The van der Waals surface area contributed by atoms with Gasteiger partial charge in [-0.15, -0.1) is 0 Å². The maximum Gasteiger partial charge on any atom is 0.335 e. The number of carboxylic acids is 1. The van der Waals surface area contributed by atoms with Crippen LogP contribution in [-0.4, -0.2) is 33.3 Å². The molecular formula is C11H14N2O5. The molecule has 1 aromatic carbocycles. The van der Waals surface area contributed by atoms with Gasteiger partial charge in [0, 0.05) is 11.3 Å².